The van der Waals surface area contributed by atoms with Gasteiger partial charge in [-0.15, -0.1) is 11.3 Å². The van der Waals surface area contributed by atoms with Crippen LogP contribution in [0.2, 0.25) is 0 Å². The first-order valence-electron chi connectivity index (χ1n) is 5.60. The number of carbonyl (C=O) groups excluding carboxylic acids is 2. The lowest BCUT2D eigenvalue weighted by atomic mass is 10.1. The topological polar surface area (TPSA) is 58.2 Å². The summed E-state index contributed by atoms with van der Waals surface area (Å²) >= 11 is 4.71. The Balaban J connectivity index is 1.82. The van der Waals surface area contributed by atoms with Crippen molar-refractivity contribution in [2.75, 3.05) is 10.6 Å². The molecule has 0 spiro atoms. The molecular formula is C13H9BrN2O2S. The molecule has 0 atom stereocenters. The number of amides is 2. The highest BCUT2D eigenvalue weighted by Gasteiger charge is 2.18. The summed E-state index contributed by atoms with van der Waals surface area (Å²) in [5, 5.41) is 7.44. The normalized spacial score (nSPS) is 13.0. The third-order valence-corrected chi connectivity index (χ3v) is 4.65. The minimum absolute atomic E-state index is 0.0144. The van der Waals surface area contributed by atoms with Crippen LogP contribution in [0.1, 0.15) is 15.2 Å². The highest BCUT2D eigenvalue weighted by atomic mass is 79.9. The first-order chi connectivity index (χ1) is 9.13. The molecule has 0 saturated heterocycles. The van der Waals surface area contributed by atoms with E-state index < -0.39 is 0 Å². The van der Waals surface area contributed by atoms with E-state index in [-0.39, 0.29) is 11.8 Å². The highest BCUT2D eigenvalue weighted by Crippen LogP contribution is 2.27. The Morgan fingerprint density at radius 1 is 1.37 bits per heavy atom. The van der Waals surface area contributed by atoms with E-state index in [1.54, 1.807) is 12.1 Å². The summed E-state index contributed by atoms with van der Waals surface area (Å²) in [5.41, 5.74) is 2.42. The van der Waals surface area contributed by atoms with Gasteiger partial charge in [0.05, 0.1) is 6.42 Å². The molecule has 6 heteroatoms. The van der Waals surface area contributed by atoms with E-state index in [1.807, 2.05) is 17.5 Å². The number of hydrogen-bond donors (Lipinski definition) is 2. The van der Waals surface area contributed by atoms with Crippen molar-refractivity contribution in [3.8, 4) is 0 Å². The van der Waals surface area contributed by atoms with E-state index in [4.69, 9.17) is 0 Å². The number of benzene rings is 1. The second-order valence-electron chi connectivity index (χ2n) is 4.15. The van der Waals surface area contributed by atoms with Crippen LogP contribution in [-0.4, -0.2) is 11.8 Å². The molecule has 1 aromatic heterocycles. The SMILES string of the molecule is O=C1Cc2cc(NC(=O)c3sccc3Br)ccc2N1. The molecule has 0 saturated carbocycles. The number of hydrogen-bond acceptors (Lipinski definition) is 3. The maximum atomic E-state index is 12.0. The fourth-order valence-electron chi connectivity index (χ4n) is 1.95. The number of nitrogens with one attached hydrogen (secondary N) is 2. The molecule has 96 valence electrons. The molecule has 2 heterocycles. The second kappa shape index (κ2) is 4.79. The van der Waals surface area contributed by atoms with Crippen molar-refractivity contribution in [1.29, 1.82) is 0 Å². The Kier molecular flexibility index (Phi) is 3.12. The molecule has 1 aromatic carbocycles. The molecule has 0 bridgehead atoms. The molecule has 2 amide bonds. The first kappa shape index (κ1) is 12.4. The molecule has 1 aliphatic heterocycles. The molecule has 0 unspecified atom stereocenters. The Morgan fingerprint density at radius 2 is 2.21 bits per heavy atom. The van der Waals surface area contributed by atoms with E-state index in [0.717, 1.165) is 15.7 Å². The highest BCUT2D eigenvalue weighted by molar-refractivity contribution is 9.10. The maximum Gasteiger partial charge on any atom is 0.266 e. The summed E-state index contributed by atoms with van der Waals surface area (Å²) in [4.78, 5) is 23.9. The van der Waals surface area contributed by atoms with Crippen molar-refractivity contribution in [2.24, 2.45) is 0 Å². The fraction of sp³-hybridized carbons (Fsp3) is 0.0769. The zero-order chi connectivity index (χ0) is 13.4. The monoisotopic (exact) mass is 336 g/mol. The van der Waals surface area contributed by atoms with Gasteiger partial charge in [-0.05, 0) is 51.1 Å². The largest absolute Gasteiger partial charge is 0.326 e. The lowest BCUT2D eigenvalue weighted by Crippen LogP contribution is -2.10. The second-order valence-corrected chi connectivity index (χ2v) is 5.92. The van der Waals surface area contributed by atoms with Crippen LogP contribution in [0, 0.1) is 0 Å². The maximum absolute atomic E-state index is 12.0. The zero-order valence-electron chi connectivity index (χ0n) is 9.70. The van der Waals surface area contributed by atoms with Gasteiger partial charge in [0.25, 0.3) is 5.91 Å². The predicted octanol–water partition coefficient (Wildman–Crippen LogP) is 3.26. The average molecular weight is 337 g/mol. The van der Waals surface area contributed by atoms with E-state index in [2.05, 4.69) is 26.6 Å². The van der Waals surface area contributed by atoms with Crippen LogP contribution in [0.15, 0.2) is 34.1 Å². The van der Waals surface area contributed by atoms with Gasteiger partial charge in [0, 0.05) is 15.8 Å². The summed E-state index contributed by atoms with van der Waals surface area (Å²) in [6.07, 6.45) is 0.363. The Bertz CT molecular complexity index is 681. The number of fused-ring (bicyclic) bond motifs is 1. The quantitative estimate of drug-likeness (QED) is 0.884. The molecule has 1 aliphatic rings. The summed E-state index contributed by atoms with van der Waals surface area (Å²) in [7, 11) is 0. The van der Waals surface area contributed by atoms with Crippen molar-refractivity contribution < 1.29 is 9.59 Å². The molecule has 4 nitrogen and oxygen atoms in total. The van der Waals surface area contributed by atoms with Crippen molar-refractivity contribution in [2.45, 2.75) is 6.42 Å². The van der Waals surface area contributed by atoms with E-state index in [1.165, 1.54) is 11.3 Å². The summed E-state index contributed by atoms with van der Waals surface area (Å²) in [6, 6.07) is 7.25. The standard InChI is InChI=1S/C13H9BrN2O2S/c14-9-3-4-19-12(9)13(18)15-8-1-2-10-7(5-8)6-11(17)16-10/h1-5H,6H2,(H,15,18)(H,16,17). The van der Waals surface area contributed by atoms with Crippen LogP contribution in [-0.2, 0) is 11.2 Å². The Labute approximate surface area is 122 Å². The molecule has 0 aliphatic carbocycles. The smallest absolute Gasteiger partial charge is 0.266 e. The summed E-state index contributed by atoms with van der Waals surface area (Å²) < 4.78 is 0.785. The number of thiophene rings is 1. The number of halogens is 1. The van der Waals surface area contributed by atoms with Crippen LogP contribution in [0.4, 0.5) is 11.4 Å². The van der Waals surface area contributed by atoms with Crippen LogP contribution in [0.5, 0.6) is 0 Å². The zero-order valence-corrected chi connectivity index (χ0v) is 12.1. The molecule has 0 radical (unpaired) electrons. The third-order valence-electron chi connectivity index (χ3n) is 2.81. The van der Waals surface area contributed by atoms with Gasteiger partial charge in [-0.3, -0.25) is 9.59 Å². The van der Waals surface area contributed by atoms with Gasteiger partial charge in [0.1, 0.15) is 4.88 Å². The minimum atomic E-state index is -0.154. The molecule has 3 rings (SSSR count). The number of carbonyl (C=O) groups is 2. The lowest BCUT2D eigenvalue weighted by molar-refractivity contribution is -0.115. The van der Waals surface area contributed by atoms with Crippen molar-refractivity contribution in [1.82, 2.24) is 0 Å². The van der Waals surface area contributed by atoms with Crippen molar-refractivity contribution in [3.05, 3.63) is 44.6 Å². The number of rotatable bonds is 2. The van der Waals surface area contributed by atoms with Gasteiger partial charge in [0.15, 0.2) is 0 Å². The van der Waals surface area contributed by atoms with E-state index >= 15 is 0 Å². The van der Waals surface area contributed by atoms with E-state index in [0.29, 0.717) is 17.0 Å². The third kappa shape index (κ3) is 2.41. The Morgan fingerprint density at radius 3 is 2.95 bits per heavy atom. The lowest BCUT2D eigenvalue weighted by Gasteiger charge is -2.06. The van der Waals surface area contributed by atoms with Crippen molar-refractivity contribution >= 4 is 50.5 Å². The predicted molar refractivity (Wildman–Crippen MR) is 78.7 cm³/mol. The average Bonchev–Trinajstić information content (AvgIpc) is 2.93. The first-order valence-corrected chi connectivity index (χ1v) is 7.28. The van der Waals surface area contributed by atoms with Crippen LogP contribution in [0.25, 0.3) is 0 Å². The molecule has 0 fully saturated rings. The molecule has 2 N–H and O–H groups in total. The van der Waals surface area contributed by atoms with Gasteiger partial charge in [-0.1, -0.05) is 0 Å². The van der Waals surface area contributed by atoms with Gasteiger partial charge >= 0.3 is 0 Å². The molecular weight excluding hydrogens is 328 g/mol. The van der Waals surface area contributed by atoms with Gasteiger partial charge in [0.2, 0.25) is 5.91 Å². The molecule has 19 heavy (non-hydrogen) atoms. The fourth-order valence-corrected chi connectivity index (χ4v) is 3.40. The van der Waals surface area contributed by atoms with Gasteiger partial charge < -0.3 is 10.6 Å². The van der Waals surface area contributed by atoms with Crippen LogP contribution in [0.3, 0.4) is 0 Å². The summed E-state index contributed by atoms with van der Waals surface area (Å²) in [5.74, 6) is -0.168. The van der Waals surface area contributed by atoms with Crippen molar-refractivity contribution in [3.63, 3.8) is 0 Å². The van der Waals surface area contributed by atoms with E-state index in [9.17, 15) is 9.59 Å². The number of anilines is 2. The summed E-state index contributed by atoms with van der Waals surface area (Å²) in [6.45, 7) is 0. The van der Waals surface area contributed by atoms with Gasteiger partial charge in [-0.25, -0.2) is 0 Å². The van der Waals surface area contributed by atoms with Gasteiger partial charge in [-0.2, -0.15) is 0 Å². The molecule has 2 aromatic rings. The Hall–Kier alpha value is -1.66. The van der Waals surface area contributed by atoms with Crippen LogP contribution >= 0.6 is 27.3 Å². The minimum Gasteiger partial charge on any atom is -0.326 e. The van der Waals surface area contributed by atoms with Crippen LogP contribution < -0.4 is 10.6 Å².